The number of aryl methyl sites for hydroxylation is 1. The van der Waals surface area contributed by atoms with Gasteiger partial charge in [-0.2, -0.15) is 0 Å². The molecule has 1 aliphatic rings. The van der Waals surface area contributed by atoms with Gasteiger partial charge < -0.3 is 15.2 Å². The van der Waals surface area contributed by atoms with E-state index in [4.69, 9.17) is 24.6 Å². The SMILES string of the molecule is OB(O)c1ccc(CCCC(O)ON2OCCO2)cc1. The predicted molar refractivity (Wildman–Crippen MR) is 70.0 cm³/mol. The molecule has 20 heavy (non-hydrogen) atoms. The molecule has 1 unspecified atom stereocenters. The summed E-state index contributed by atoms with van der Waals surface area (Å²) in [4.78, 5) is 14.8. The first-order valence-corrected chi connectivity index (χ1v) is 6.51. The third-order valence-corrected chi connectivity index (χ3v) is 2.88. The molecular weight excluding hydrogens is 265 g/mol. The van der Waals surface area contributed by atoms with Crippen LogP contribution in [0.3, 0.4) is 0 Å². The molecule has 1 atom stereocenters. The molecule has 0 spiro atoms. The van der Waals surface area contributed by atoms with E-state index in [-0.39, 0.29) is 0 Å². The smallest absolute Gasteiger partial charge is 0.423 e. The Kier molecular flexibility index (Phi) is 5.93. The lowest BCUT2D eigenvalue weighted by molar-refractivity contribution is -0.513. The molecule has 0 saturated carbocycles. The Hall–Kier alpha value is -0.995. The largest absolute Gasteiger partial charge is 0.488 e. The van der Waals surface area contributed by atoms with Gasteiger partial charge in [-0.25, -0.2) is 14.5 Å². The van der Waals surface area contributed by atoms with Crippen LogP contribution in [0.1, 0.15) is 18.4 Å². The average Bonchev–Trinajstić information content (AvgIpc) is 2.92. The molecule has 7 nitrogen and oxygen atoms in total. The van der Waals surface area contributed by atoms with Crippen LogP contribution in [0.2, 0.25) is 0 Å². The molecular formula is C12H18BNO6. The molecule has 3 N–H and O–H groups in total. The minimum absolute atomic E-state index is 0.412. The predicted octanol–water partition coefficient (Wildman–Crippen LogP) is -0.882. The second-order valence-corrected chi connectivity index (χ2v) is 4.46. The van der Waals surface area contributed by atoms with Crippen molar-refractivity contribution in [1.82, 2.24) is 5.39 Å². The first-order chi connectivity index (χ1) is 9.65. The molecule has 2 rings (SSSR count). The van der Waals surface area contributed by atoms with Gasteiger partial charge in [-0.05, 0) is 23.9 Å². The number of benzene rings is 1. The van der Waals surface area contributed by atoms with Gasteiger partial charge in [0.25, 0.3) is 0 Å². The van der Waals surface area contributed by atoms with E-state index >= 15 is 0 Å². The van der Waals surface area contributed by atoms with Gasteiger partial charge in [-0.1, -0.05) is 24.3 Å². The fraction of sp³-hybridized carbons (Fsp3) is 0.500. The number of nitrogens with zero attached hydrogens (tertiary/aromatic N) is 1. The number of rotatable bonds is 7. The molecule has 1 fully saturated rings. The van der Waals surface area contributed by atoms with Crippen LogP contribution in [0.25, 0.3) is 0 Å². The van der Waals surface area contributed by atoms with Crippen LogP contribution in [0.4, 0.5) is 0 Å². The molecule has 0 amide bonds. The molecule has 1 aromatic rings. The Morgan fingerprint density at radius 2 is 1.85 bits per heavy atom. The summed E-state index contributed by atoms with van der Waals surface area (Å²) < 4.78 is 0. The van der Waals surface area contributed by atoms with Crippen LogP contribution in [-0.2, 0) is 20.9 Å². The van der Waals surface area contributed by atoms with Gasteiger partial charge in [0.1, 0.15) is 0 Å². The topological polar surface area (TPSA) is 91.6 Å². The third kappa shape index (κ3) is 4.84. The summed E-state index contributed by atoms with van der Waals surface area (Å²) in [5.74, 6) is 0. The van der Waals surface area contributed by atoms with Crippen LogP contribution in [0, 0.1) is 0 Å². The van der Waals surface area contributed by atoms with E-state index in [1.54, 1.807) is 12.1 Å². The molecule has 1 aliphatic heterocycles. The maximum absolute atomic E-state index is 9.61. The maximum atomic E-state index is 9.61. The van der Waals surface area contributed by atoms with Crippen LogP contribution in [0.5, 0.6) is 0 Å². The minimum Gasteiger partial charge on any atom is -0.423 e. The molecule has 8 heteroatoms. The van der Waals surface area contributed by atoms with Gasteiger partial charge in [-0.15, -0.1) is 0 Å². The Bertz CT molecular complexity index is 395. The lowest BCUT2D eigenvalue weighted by Gasteiger charge is -2.16. The highest BCUT2D eigenvalue weighted by Gasteiger charge is 2.18. The zero-order valence-corrected chi connectivity index (χ0v) is 11.0. The highest BCUT2D eigenvalue weighted by atomic mass is 17.2. The molecule has 0 aliphatic carbocycles. The standard InChI is InChI=1S/C12H18BNO6/c15-12(20-14-18-8-9-19-14)3-1-2-10-4-6-11(7-5-10)13(16)17/h4-7,12,15-17H,1-3,8-9H2. The fourth-order valence-corrected chi connectivity index (χ4v) is 1.81. The van der Waals surface area contributed by atoms with E-state index in [1.165, 1.54) is 0 Å². The first kappa shape index (κ1) is 15.4. The summed E-state index contributed by atoms with van der Waals surface area (Å²) in [6.07, 6.45) is 0.930. The van der Waals surface area contributed by atoms with Gasteiger partial charge in [0, 0.05) is 6.42 Å². The monoisotopic (exact) mass is 283 g/mol. The fourth-order valence-electron chi connectivity index (χ4n) is 1.81. The maximum Gasteiger partial charge on any atom is 0.488 e. The number of aliphatic hydroxyl groups is 1. The van der Waals surface area contributed by atoms with Crippen molar-refractivity contribution in [3.8, 4) is 0 Å². The molecule has 0 radical (unpaired) electrons. The summed E-state index contributed by atoms with van der Waals surface area (Å²) >= 11 is 0. The van der Waals surface area contributed by atoms with Crippen molar-refractivity contribution < 1.29 is 29.7 Å². The second-order valence-electron chi connectivity index (χ2n) is 4.46. The Labute approximate surface area is 117 Å². The molecule has 0 bridgehead atoms. The van der Waals surface area contributed by atoms with E-state index in [0.717, 1.165) is 23.8 Å². The van der Waals surface area contributed by atoms with Gasteiger partial charge >= 0.3 is 7.12 Å². The van der Waals surface area contributed by atoms with Crippen molar-refractivity contribution in [3.05, 3.63) is 29.8 Å². The van der Waals surface area contributed by atoms with Crippen molar-refractivity contribution >= 4 is 12.6 Å². The van der Waals surface area contributed by atoms with Crippen LogP contribution < -0.4 is 5.46 Å². The third-order valence-electron chi connectivity index (χ3n) is 2.88. The number of hydrogen-bond acceptors (Lipinski definition) is 7. The molecule has 110 valence electrons. The van der Waals surface area contributed by atoms with E-state index in [2.05, 4.69) is 0 Å². The Morgan fingerprint density at radius 3 is 2.45 bits per heavy atom. The minimum atomic E-state index is -1.44. The van der Waals surface area contributed by atoms with E-state index in [1.807, 2.05) is 12.1 Å². The Balaban J connectivity index is 1.66. The van der Waals surface area contributed by atoms with Crippen molar-refractivity contribution in [2.45, 2.75) is 25.6 Å². The number of hydrogen-bond donors (Lipinski definition) is 3. The second kappa shape index (κ2) is 7.70. The summed E-state index contributed by atoms with van der Waals surface area (Å²) in [6.45, 7) is 0.825. The molecule has 1 saturated heterocycles. The van der Waals surface area contributed by atoms with Crippen molar-refractivity contribution in [2.75, 3.05) is 13.2 Å². The highest BCUT2D eigenvalue weighted by Crippen LogP contribution is 2.10. The average molecular weight is 283 g/mol. The van der Waals surface area contributed by atoms with Crippen molar-refractivity contribution in [2.24, 2.45) is 0 Å². The van der Waals surface area contributed by atoms with E-state index in [0.29, 0.717) is 25.1 Å². The van der Waals surface area contributed by atoms with Gasteiger partial charge in [0.05, 0.1) is 18.6 Å². The van der Waals surface area contributed by atoms with Crippen LogP contribution in [0.15, 0.2) is 24.3 Å². The van der Waals surface area contributed by atoms with Crippen LogP contribution >= 0.6 is 0 Å². The van der Waals surface area contributed by atoms with Crippen molar-refractivity contribution in [3.63, 3.8) is 0 Å². The Morgan fingerprint density at radius 1 is 1.20 bits per heavy atom. The molecule has 0 aromatic heterocycles. The molecule has 1 aromatic carbocycles. The number of aliphatic hydroxyl groups excluding tert-OH is 1. The quantitative estimate of drug-likeness (QED) is 0.442. The van der Waals surface area contributed by atoms with Gasteiger partial charge in [-0.3, -0.25) is 0 Å². The van der Waals surface area contributed by atoms with E-state index in [9.17, 15) is 5.11 Å². The van der Waals surface area contributed by atoms with E-state index < -0.39 is 13.4 Å². The van der Waals surface area contributed by atoms with Crippen LogP contribution in [-0.4, -0.2) is 47.2 Å². The normalized spacial score (nSPS) is 17.4. The zero-order chi connectivity index (χ0) is 14.4. The summed E-state index contributed by atoms with van der Waals surface area (Å²) in [6, 6.07) is 6.99. The summed E-state index contributed by atoms with van der Waals surface area (Å²) in [5, 5.41) is 28.4. The van der Waals surface area contributed by atoms with Gasteiger partial charge in [0.2, 0.25) is 0 Å². The first-order valence-electron chi connectivity index (χ1n) is 6.51. The zero-order valence-electron chi connectivity index (χ0n) is 11.0. The highest BCUT2D eigenvalue weighted by molar-refractivity contribution is 6.58. The van der Waals surface area contributed by atoms with Gasteiger partial charge in [0.15, 0.2) is 6.29 Å². The molecule has 1 heterocycles. The summed E-state index contributed by atoms with van der Waals surface area (Å²) in [7, 11) is -1.44. The summed E-state index contributed by atoms with van der Waals surface area (Å²) in [5.41, 5.74) is 1.51. The van der Waals surface area contributed by atoms with Crippen molar-refractivity contribution in [1.29, 1.82) is 0 Å². The lowest BCUT2D eigenvalue weighted by atomic mass is 9.80. The lowest BCUT2D eigenvalue weighted by Crippen LogP contribution is -2.29.